The first-order valence-electron chi connectivity index (χ1n) is 4.96. The monoisotopic (exact) mass is 222 g/mol. The quantitative estimate of drug-likeness (QED) is 0.798. The number of carbonyl (C=O) groups is 2. The molecule has 0 radical (unpaired) electrons. The summed E-state index contributed by atoms with van der Waals surface area (Å²) in [5, 5.41) is 11.4. The van der Waals surface area contributed by atoms with Gasteiger partial charge in [-0.3, -0.25) is 4.79 Å². The fourth-order valence-electron chi connectivity index (χ4n) is 1.05. The van der Waals surface area contributed by atoms with E-state index in [1.165, 1.54) is 12.3 Å². The van der Waals surface area contributed by atoms with Crippen molar-refractivity contribution in [3.8, 4) is 0 Å². The number of hydrogen-bond donors (Lipinski definition) is 2. The van der Waals surface area contributed by atoms with E-state index >= 15 is 0 Å². The van der Waals surface area contributed by atoms with E-state index in [0.717, 1.165) is 5.56 Å². The molecule has 0 saturated carbocycles. The molecule has 0 bridgehead atoms. The molecule has 16 heavy (non-hydrogen) atoms. The van der Waals surface area contributed by atoms with Crippen LogP contribution in [0, 0.1) is 5.92 Å². The van der Waals surface area contributed by atoms with Crippen LogP contribution in [0.1, 0.15) is 29.9 Å². The van der Waals surface area contributed by atoms with E-state index in [0.29, 0.717) is 6.54 Å². The molecule has 0 unspecified atom stereocenters. The Hall–Kier alpha value is -1.91. The third-order valence-electron chi connectivity index (χ3n) is 2.03. The highest BCUT2D eigenvalue weighted by atomic mass is 16.4. The summed E-state index contributed by atoms with van der Waals surface area (Å²) in [4.78, 5) is 25.6. The maximum absolute atomic E-state index is 11.3. The molecule has 0 saturated heterocycles. The topological polar surface area (TPSA) is 79.3 Å². The summed E-state index contributed by atoms with van der Waals surface area (Å²) >= 11 is 0. The largest absolute Gasteiger partial charge is 0.477 e. The van der Waals surface area contributed by atoms with Gasteiger partial charge in [0.15, 0.2) is 0 Å². The molecule has 1 amide bonds. The molecule has 0 spiro atoms. The van der Waals surface area contributed by atoms with Gasteiger partial charge in [-0.2, -0.15) is 0 Å². The van der Waals surface area contributed by atoms with Crippen LogP contribution in [0.2, 0.25) is 0 Å². The van der Waals surface area contributed by atoms with E-state index in [-0.39, 0.29) is 17.5 Å². The number of nitrogens with one attached hydrogen (secondary N) is 1. The Balaban J connectivity index is 2.56. The highest BCUT2D eigenvalue weighted by molar-refractivity contribution is 5.85. The van der Waals surface area contributed by atoms with Crippen molar-refractivity contribution in [2.24, 2.45) is 5.92 Å². The van der Waals surface area contributed by atoms with Crippen LogP contribution in [0.4, 0.5) is 0 Å². The first-order chi connectivity index (χ1) is 7.50. The maximum Gasteiger partial charge on any atom is 0.354 e. The standard InChI is InChI=1S/C11H14N2O3/c1-7(2)10(14)13-6-8-3-4-9(11(15)16)12-5-8/h3-5,7H,6H2,1-2H3,(H,13,14)(H,15,16). The van der Waals surface area contributed by atoms with E-state index in [4.69, 9.17) is 5.11 Å². The van der Waals surface area contributed by atoms with Crippen molar-refractivity contribution in [2.75, 3.05) is 0 Å². The van der Waals surface area contributed by atoms with Gasteiger partial charge in [0.1, 0.15) is 5.69 Å². The van der Waals surface area contributed by atoms with Crippen LogP contribution in [0.5, 0.6) is 0 Å². The zero-order chi connectivity index (χ0) is 12.1. The van der Waals surface area contributed by atoms with E-state index < -0.39 is 5.97 Å². The molecule has 5 heteroatoms. The lowest BCUT2D eigenvalue weighted by molar-refractivity contribution is -0.124. The molecule has 0 aromatic carbocycles. The molecule has 0 aliphatic rings. The first-order valence-corrected chi connectivity index (χ1v) is 4.96. The molecule has 0 fully saturated rings. The van der Waals surface area contributed by atoms with Crippen LogP contribution in [0.15, 0.2) is 18.3 Å². The van der Waals surface area contributed by atoms with Gasteiger partial charge in [-0.15, -0.1) is 0 Å². The Labute approximate surface area is 93.5 Å². The lowest BCUT2D eigenvalue weighted by atomic mass is 10.2. The van der Waals surface area contributed by atoms with E-state index in [1.807, 2.05) is 0 Å². The van der Waals surface area contributed by atoms with Gasteiger partial charge < -0.3 is 10.4 Å². The van der Waals surface area contributed by atoms with E-state index in [2.05, 4.69) is 10.3 Å². The van der Waals surface area contributed by atoms with Gasteiger partial charge in [0, 0.05) is 18.7 Å². The van der Waals surface area contributed by atoms with E-state index in [1.54, 1.807) is 19.9 Å². The van der Waals surface area contributed by atoms with Crippen LogP contribution in [-0.4, -0.2) is 22.0 Å². The predicted molar refractivity (Wildman–Crippen MR) is 57.9 cm³/mol. The fraction of sp³-hybridized carbons (Fsp3) is 0.364. The van der Waals surface area contributed by atoms with E-state index in [9.17, 15) is 9.59 Å². The third kappa shape index (κ3) is 3.34. The number of carboxylic acids is 1. The van der Waals surface area contributed by atoms with Crippen LogP contribution in [0.25, 0.3) is 0 Å². The number of carbonyl (C=O) groups excluding carboxylic acids is 1. The molecule has 2 N–H and O–H groups in total. The summed E-state index contributed by atoms with van der Waals surface area (Å²) in [6, 6.07) is 3.05. The molecule has 86 valence electrons. The van der Waals surface area contributed by atoms with Crippen molar-refractivity contribution < 1.29 is 14.7 Å². The first kappa shape index (κ1) is 12.2. The number of aromatic carboxylic acids is 1. The normalized spacial score (nSPS) is 10.2. The SMILES string of the molecule is CC(C)C(=O)NCc1ccc(C(=O)O)nc1. The van der Waals surface area contributed by atoms with Gasteiger partial charge in [-0.05, 0) is 11.6 Å². The molecule has 1 aromatic heterocycles. The van der Waals surface area contributed by atoms with Gasteiger partial charge in [0.25, 0.3) is 0 Å². The molecule has 0 aliphatic carbocycles. The summed E-state index contributed by atoms with van der Waals surface area (Å²) in [7, 11) is 0. The van der Waals surface area contributed by atoms with Gasteiger partial charge in [-0.1, -0.05) is 19.9 Å². The zero-order valence-electron chi connectivity index (χ0n) is 9.23. The maximum atomic E-state index is 11.3. The summed E-state index contributed by atoms with van der Waals surface area (Å²) < 4.78 is 0. The van der Waals surface area contributed by atoms with Gasteiger partial charge >= 0.3 is 5.97 Å². The second-order valence-corrected chi connectivity index (χ2v) is 3.73. The highest BCUT2D eigenvalue weighted by Gasteiger charge is 2.07. The molecule has 0 atom stereocenters. The summed E-state index contributed by atoms with van der Waals surface area (Å²) in [6.07, 6.45) is 1.45. The summed E-state index contributed by atoms with van der Waals surface area (Å²) in [6.45, 7) is 3.98. The van der Waals surface area contributed by atoms with Crippen LogP contribution in [-0.2, 0) is 11.3 Å². The van der Waals surface area contributed by atoms with Crippen molar-refractivity contribution in [1.29, 1.82) is 0 Å². The zero-order valence-corrected chi connectivity index (χ0v) is 9.23. The number of aromatic nitrogens is 1. The summed E-state index contributed by atoms with van der Waals surface area (Å²) in [5.74, 6) is -1.16. The second-order valence-electron chi connectivity index (χ2n) is 3.73. The average Bonchev–Trinajstić information content (AvgIpc) is 2.26. The number of hydrogen-bond acceptors (Lipinski definition) is 3. The van der Waals surface area contributed by atoms with Crippen LogP contribution >= 0.6 is 0 Å². The molecular formula is C11H14N2O3. The lowest BCUT2D eigenvalue weighted by Crippen LogP contribution is -2.27. The minimum Gasteiger partial charge on any atom is -0.477 e. The molecule has 1 aromatic rings. The number of amides is 1. The second kappa shape index (κ2) is 5.25. The Morgan fingerprint density at radius 2 is 2.12 bits per heavy atom. The smallest absolute Gasteiger partial charge is 0.354 e. The Bertz CT molecular complexity index is 385. The highest BCUT2D eigenvalue weighted by Crippen LogP contribution is 2.01. The summed E-state index contributed by atoms with van der Waals surface area (Å²) in [5.41, 5.74) is 0.776. The fourth-order valence-corrected chi connectivity index (χ4v) is 1.05. The van der Waals surface area contributed by atoms with Crippen molar-refractivity contribution in [2.45, 2.75) is 20.4 Å². The van der Waals surface area contributed by atoms with Crippen molar-refractivity contribution >= 4 is 11.9 Å². The van der Waals surface area contributed by atoms with Gasteiger partial charge in [-0.25, -0.2) is 9.78 Å². The van der Waals surface area contributed by atoms with Crippen molar-refractivity contribution in [3.63, 3.8) is 0 Å². The van der Waals surface area contributed by atoms with Gasteiger partial charge in [0.05, 0.1) is 0 Å². The van der Waals surface area contributed by atoms with Gasteiger partial charge in [0.2, 0.25) is 5.91 Å². The number of pyridine rings is 1. The molecule has 0 aliphatic heterocycles. The average molecular weight is 222 g/mol. The number of nitrogens with zero attached hydrogens (tertiary/aromatic N) is 1. The molecular weight excluding hydrogens is 208 g/mol. The Morgan fingerprint density at radius 1 is 1.44 bits per heavy atom. The predicted octanol–water partition coefficient (Wildman–Crippen LogP) is 1.05. The van der Waals surface area contributed by atoms with Crippen LogP contribution in [0.3, 0.4) is 0 Å². The third-order valence-corrected chi connectivity index (χ3v) is 2.03. The molecule has 5 nitrogen and oxygen atoms in total. The lowest BCUT2D eigenvalue weighted by Gasteiger charge is -2.07. The van der Waals surface area contributed by atoms with Crippen molar-refractivity contribution in [3.05, 3.63) is 29.6 Å². The van der Waals surface area contributed by atoms with Crippen LogP contribution < -0.4 is 5.32 Å². The number of carboxylic acid groups (broad SMARTS) is 1. The minimum absolute atomic E-state index is 0.000985. The Kier molecular flexibility index (Phi) is 3.99. The molecule has 1 heterocycles. The Morgan fingerprint density at radius 3 is 2.56 bits per heavy atom. The van der Waals surface area contributed by atoms with Crippen molar-refractivity contribution in [1.82, 2.24) is 10.3 Å². The minimum atomic E-state index is -1.06. The molecule has 1 rings (SSSR count). The number of rotatable bonds is 4.